The van der Waals surface area contributed by atoms with Gasteiger partial charge in [-0.2, -0.15) is 5.10 Å². The van der Waals surface area contributed by atoms with E-state index in [-0.39, 0.29) is 11.6 Å². The summed E-state index contributed by atoms with van der Waals surface area (Å²) in [6.07, 6.45) is 7.31. The van der Waals surface area contributed by atoms with Crippen LogP contribution in [-0.4, -0.2) is 70.1 Å². The highest BCUT2D eigenvalue weighted by Crippen LogP contribution is 2.35. The molecule has 0 unspecified atom stereocenters. The summed E-state index contributed by atoms with van der Waals surface area (Å²) in [5.74, 6) is 0.349. The van der Waals surface area contributed by atoms with Crippen LogP contribution in [0.25, 0.3) is 17.1 Å². The number of piperidine rings is 1. The number of nitrogens with zero attached hydrogens (tertiary/aromatic N) is 6. The lowest BCUT2D eigenvalue weighted by molar-refractivity contribution is -0.0718. The molecule has 0 N–H and O–H groups in total. The van der Waals surface area contributed by atoms with Gasteiger partial charge in [0.2, 0.25) is 5.88 Å². The van der Waals surface area contributed by atoms with E-state index in [0.717, 1.165) is 61.7 Å². The number of likely N-dealkylation sites (N-methyl/N-ethyl adjacent to an activating group) is 1. The third-order valence-electron chi connectivity index (χ3n) is 6.81. The zero-order chi connectivity index (χ0) is 21.7. The summed E-state index contributed by atoms with van der Waals surface area (Å²) >= 11 is 0. The standard InChI is InChI=1S/C23H25FN6O2/c1-28(18-13-31-14-18)16-4-7-29(8-5-16)17-9-20(24)22(26-10-17)30-11-15-12-32-23-19(21(15)27-30)3-2-6-25-23/h2-3,6,9-11,16,18H,4-5,7-8,12-14H2,1H3. The molecule has 0 radical (unpaired) electrons. The second kappa shape index (κ2) is 7.83. The van der Waals surface area contributed by atoms with E-state index >= 15 is 4.39 Å². The molecule has 2 saturated heterocycles. The SMILES string of the molecule is CN(C1CCN(c2cnc(-n3cc4c(n3)-c3cccnc3OC4)c(F)c2)CC1)C1COC1. The average Bonchev–Trinajstić information content (AvgIpc) is 3.22. The Balaban J connectivity index is 1.19. The van der Waals surface area contributed by atoms with Gasteiger partial charge in [-0.25, -0.2) is 19.0 Å². The Bertz CT molecular complexity index is 1140. The van der Waals surface area contributed by atoms with Crippen LogP contribution in [0.2, 0.25) is 0 Å². The molecule has 0 saturated carbocycles. The van der Waals surface area contributed by atoms with Crippen molar-refractivity contribution in [2.45, 2.75) is 31.5 Å². The zero-order valence-electron chi connectivity index (χ0n) is 17.9. The lowest BCUT2D eigenvalue weighted by Gasteiger charge is -2.43. The van der Waals surface area contributed by atoms with E-state index < -0.39 is 0 Å². The van der Waals surface area contributed by atoms with Crippen LogP contribution in [0.4, 0.5) is 10.1 Å². The highest BCUT2D eigenvalue weighted by molar-refractivity contribution is 5.69. The molecular formula is C23H25FN6O2. The minimum absolute atomic E-state index is 0.188. The van der Waals surface area contributed by atoms with Crippen LogP contribution < -0.4 is 9.64 Å². The van der Waals surface area contributed by atoms with E-state index in [9.17, 15) is 0 Å². The Morgan fingerprint density at radius 3 is 2.75 bits per heavy atom. The maximum absolute atomic E-state index is 15.1. The predicted octanol–water partition coefficient (Wildman–Crippen LogP) is 2.66. The van der Waals surface area contributed by atoms with Crippen LogP contribution in [0.3, 0.4) is 0 Å². The molecule has 32 heavy (non-hydrogen) atoms. The van der Waals surface area contributed by atoms with Crippen LogP contribution in [0, 0.1) is 5.82 Å². The first-order chi connectivity index (χ1) is 15.7. The van der Waals surface area contributed by atoms with E-state index in [1.54, 1.807) is 24.7 Å². The Labute approximate surface area is 185 Å². The minimum Gasteiger partial charge on any atom is -0.472 e. The molecule has 3 aliphatic heterocycles. The van der Waals surface area contributed by atoms with E-state index in [1.807, 2.05) is 12.1 Å². The molecule has 9 heteroatoms. The third-order valence-corrected chi connectivity index (χ3v) is 6.81. The summed E-state index contributed by atoms with van der Waals surface area (Å²) in [5.41, 5.74) is 3.27. The number of rotatable bonds is 4. The number of fused-ring (bicyclic) bond motifs is 3. The van der Waals surface area contributed by atoms with Gasteiger partial charge in [-0.15, -0.1) is 0 Å². The van der Waals surface area contributed by atoms with Gasteiger partial charge in [0.15, 0.2) is 11.6 Å². The van der Waals surface area contributed by atoms with Crippen molar-refractivity contribution < 1.29 is 13.9 Å². The van der Waals surface area contributed by atoms with Gasteiger partial charge in [-0.3, -0.25) is 4.90 Å². The highest BCUT2D eigenvalue weighted by Gasteiger charge is 2.31. The Hall–Kier alpha value is -3.04. The summed E-state index contributed by atoms with van der Waals surface area (Å²) in [7, 11) is 2.19. The lowest BCUT2D eigenvalue weighted by Crippen LogP contribution is -2.54. The molecule has 6 heterocycles. The van der Waals surface area contributed by atoms with Gasteiger partial charge in [0.05, 0.1) is 36.7 Å². The summed E-state index contributed by atoms with van der Waals surface area (Å²) in [6.45, 7) is 3.80. The molecule has 3 aromatic rings. The molecule has 0 atom stereocenters. The Morgan fingerprint density at radius 1 is 1.16 bits per heavy atom. The van der Waals surface area contributed by atoms with Crippen molar-refractivity contribution in [2.75, 3.05) is 38.3 Å². The van der Waals surface area contributed by atoms with Crippen molar-refractivity contribution in [3.8, 4) is 23.0 Å². The van der Waals surface area contributed by atoms with Crippen molar-refractivity contribution >= 4 is 5.69 Å². The molecule has 3 aromatic heterocycles. The molecular weight excluding hydrogens is 411 g/mol. The fourth-order valence-corrected chi connectivity index (χ4v) is 4.73. The van der Waals surface area contributed by atoms with Gasteiger partial charge < -0.3 is 14.4 Å². The molecule has 0 bridgehead atoms. The normalized spacial score (nSPS) is 18.8. The smallest absolute Gasteiger partial charge is 0.223 e. The van der Waals surface area contributed by atoms with E-state index in [1.165, 1.54) is 4.68 Å². The molecule has 0 spiro atoms. The van der Waals surface area contributed by atoms with Crippen LogP contribution in [-0.2, 0) is 11.3 Å². The number of anilines is 1. The van der Waals surface area contributed by atoms with Crippen LogP contribution in [0.1, 0.15) is 18.4 Å². The van der Waals surface area contributed by atoms with Crippen molar-refractivity contribution in [2.24, 2.45) is 0 Å². The van der Waals surface area contributed by atoms with Gasteiger partial charge in [-0.05, 0) is 32.0 Å². The summed E-state index contributed by atoms with van der Waals surface area (Å²) in [4.78, 5) is 13.3. The van der Waals surface area contributed by atoms with Gasteiger partial charge in [0.1, 0.15) is 12.3 Å². The molecule has 8 nitrogen and oxygen atoms in total. The van der Waals surface area contributed by atoms with Crippen molar-refractivity contribution in [3.05, 3.63) is 48.2 Å². The molecule has 2 fully saturated rings. The number of hydrogen-bond donors (Lipinski definition) is 0. The first-order valence-corrected chi connectivity index (χ1v) is 11.0. The van der Waals surface area contributed by atoms with Crippen molar-refractivity contribution in [1.29, 1.82) is 0 Å². The van der Waals surface area contributed by atoms with Crippen LogP contribution in [0.5, 0.6) is 5.88 Å². The number of pyridine rings is 2. The number of halogens is 1. The zero-order valence-corrected chi connectivity index (χ0v) is 17.9. The monoisotopic (exact) mass is 436 g/mol. The van der Waals surface area contributed by atoms with Gasteiger partial charge >= 0.3 is 0 Å². The summed E-state index contributed by atoms with van der Waals surface area (Å²) < 4.78 is 27.6. The lowest BCUT2D eigenvalue weighted by atomic mass is 10.0. The van der Waals surface area contributed by atoms with E-state index in [4.69, 9.17) is 9.47 Å². The van der Waals surface area contributed by atoms with Crippen LogP contribution >= 0.6 is 0 Å². The predicted molar refractivity (Wildman–Crippen MR) is 116 cm³/mol. The summed E-state index contributed by atoms with van der Waals surface area (Å²) in [6, 6.07) is 6.40. The quantitative estimate of drug-likeness (QED) is 0.623. The second-order valence-corrected chi connectivity index (χ2v) is 8.67. The number of hydrogen-bond acceptors (Lipinski definition) is 7. The summed E-state index contributed by atoms with van der Waals surface area (Å²) in [5, 5.41) is 4.59. The molecule has 0 amide bonds. The first kappa shape index (κ1) is 19.6. The van der Waals surface area contributed by atoms with Gasteiger partial charge in [0, 0.05) is 43.2 Å². The molecule has 0 aliphatic carbocycles. The maximum Gasteiger partial charge on any atom is 0.223 e. The number of aromatic nitrogens is 4. The average molecular weight is 436 g/mol. The molecule has 6 rings (SSSR count). The Kier molecular flexibility index (Phi) is 4.80. The van der Waals surface area contributed by atoms with Gasteiger partial charge in [0.25, 0.3) is 0 Å². The first-order valence-electron chi connectivity index (χ1n) is 11.0. The third kappa shape index (κ3) is 3.32. The van der Waals surface area contributed by atoms with Crippen molar-refractivity contribution in [3.63, 3.8) is 0 Å². The number of ether oxygens (including phenoxy) is 2. The van der Waals surface area contributed by atoms with Crippen LogP contribution in [0.15, 0.2) is 36.8 Å². The minimum atomic E-state index is -0.388. The maximum atomic E-state index is 15.1. The highest BCUT2D eigenvalue weighted by atomic mass is 19.1. The molecule has 166 valence electrons. The topological polar surface area (TPSA) is 68.5 Å². The fraction of sp³-hybridized carbons (Fsp3) is 0.435. The Morgan fingerprint density at radius 2 is 2.00 bits per heavy atom. The van der Waals surface area contributed by atoms with E-state index in [2.05, 4.69) is 31.9 Å². The largest absolute Gasteiger partial charge is 0.472 e. The van der Waals surface area contributed by atoms with E-state index in [0.29, 0.717) is 24.6 Å². The van der Waals surface area contributed by atoms with Crippen molar-refractivity contribution in [1.82, 2.24) is 24.6 Å². The molecule has 0 aromatic carbocycles. The van der Waals surface area contributed by atoms with Gasteiger partial charge in [-0.1, -0.05) is 0 Å². The fourth-order valence-electron chi connectivity index (χ4n) is 4.73. The molecule has 3 aliphatic rings. The second-order valence-electron chi connectivity index (χ2n) is 8.67.